The zero-order valence-electron chi connectivity index (χ0n) is 17.9. The van der Waals surface area contributed by atoms with Crippen LogP contribution in [0.15, 0.2) is 36.4 Å². The van der Waals surface area contributed by atoms with Gasteiger partial charge in [0, 0.05) is 0 Å². The molecule has 6 nitrogen and oxygen atoms in total. The Morgan fingerprint density at radius 1 is 1.03 bits per heavy atom. The van der Waals surface area contributed by atoms with Crippen LogP contribution in [-0.4, -0.2) is 39.8 Å². The van der Waals surface area contributed by atoms with E-state index in [1.165, 1.54) is 0 Å². The van der Waals surface area contributed by atoms with Gasteiger partial charge in [-0.2, -0.15) is 0 Å². The smallest absolute Gasteiger partial charge is 0.243 e. The Balaban J connectivity index is 2.03. The lowest BCUT2D eigenvalue weighted by molar-refractivity contribution is -0.121. The molecule has 1 N–H and O–H groups in total. The number of aryl methyl sites for hydroxylation is 4. The van der Waals surface area contributed by atoms with Crippen LogP contribution in [0.2, 0.25) is 0 Å². The normalized spacial score (nSPS) is 12.3. The minimum absolute atomic E-state index is 0.279. The van der Waals surface area contributed by atoms with Gasteiger partial charge < -0.3 is 10.1 Å². The van der Waals surface area contributed by atoms with Gasteiger partial charge in [-0.1, -0.05) is 23.8 Å². The summed E-state index contributed by atoms with van der Waals surface area (Å²) in [5.41, 5.74) is 4.54. The van der Waals surface area contributed by atoms with Crippen molar-refractivity contribution in [3.05, 3.63) is 58.7 Å². The summed E-state index contributed by atoms with van der Waals surface area (Å²) in [4.78, 5) is 12.6. The van der Waals surface area contributed by atoms with Gasteiger partial charge in [-0.05, 0) is 69.5 Å². The van der Waals surface area contributed by atoms with Crippen LogP contribution in [-0.2, 0) is 14.8 Å². The number of carbonyl (C=O) groups is 1. The first kappa shape index (κ1) is 22.7. The molecule has 158 valence electrons. The molecule has 2 aromatic rings. The van der Waals surface area contributed by atoms with Gasteiger partial charge in [0.2, 0.25) is 15.9 Å². The molecule has 0 aromatic heterocycles. The van der Waals surface area contributed by atoms with Gasteiger partial charge in [0.05, 0.1) is 18.5 Å². The van der Waals surface area contributed by atoms with Crippen molar-refractivity contribution in [2.24, 2.45) is 0 Å². The molecule has 2 rings (SSSR count). The molecule has 0 saturated heterocycles. The summed E-state index contributed by atoms with van der Waals surface area (Å²) in [6.07, 6.45) is 1.11. The first-order valence-corrected chi connectivity index (χ1v) is 11.4. The van der Waals surface area contributed by atoms with Crippen molar-refractivity contribution in [3.8, 4) is 5.75 Å². The Hall–Kier alpha value is -2.54. The Bertz CT molecular complexity index is 966. The number of hydrogen-bond donors (Lipinski definition) is 1. The molecule has 1 atom stereocenters. The third-order valence-corrected chi connectivity index (χ3v) is 5.78. The molecular formula is C22H30N2O4S. The fraction of sp³-hybridized carbons (Fsp3) is 0.409. The summed E-state index contributed by atoms with van der Waals surface area (Å²) in [5, 5.41) is 2.77. The van der Waals surface area contributed by atoms with E-state index in [0.717, 1.165) is 38.6 Å². The van der Waals surface area contributed by atoms with E-state index in [-0.39, 0.29) is 12.5 Å². The molecule has 0 saturated carbocycles. The average Bonchev–Trinajstić information content (AvgIpc) is 2.58. The molecule has 7 heteroatoms. The summed E-state index contributed by atoms with van der Waals surface area (Å²) in [6, 6.07) is 10.5. The highest BCUT2D eigenvalue weighted by Gasteiger charge is 2.29. The second-order valence-corrected chi connectivity index (χ2v) is 9.35. The van der Waals surface area contributed by atoms with Crippen LogP contribution in [0.1, 0.15) is 29.2 Å². The first-order chi connectivity index (χ1) is 13.5. The van der Waals surface area contributed by atoms with Crippen LogP contribution < -0.4 is 14.4 Å². The maximum atomic E-state index is 12.6. The number of rotatable bonds is 8. The van der Waals surface area contributed by atoms with Gasteiger partial charge in [-0.15, -0.1) is 0 Å². The Morgan fingerprint density at radius 3 is 2.21 bits per heavy atom. The van der Waals surface area contributed by atoms with Crippen LogP contribution in [0.4, 0.5) is 5.69 Å². The van der Waals surface area contributed by atoms with E-state index in [2.05, 4.69) is 5.32 Å². The average molecular weight is 419 g/mol. The van der Waals surface area contributed by atoms with Gasteiger partial charge in [-0.25, -0.2) is 8.42 Å². The summed E-state index contributed by atoms with van der Waals surface area (Å²) in [5.74, 6) is 0.393. The number of benzene rings is 2. The van der Waals surface area contributed by atoms with E-state index in [1.54, 1.807) is 19.1 Å². The number of anilines is 1. The molecule has 1 amide bonds. The Kier molecular flexibility index (Phi) is 7.30. The second kappa shape index (κ2) is 9.31. The van der Waals surface area contributed by atoms with Gasteiger partial charge >= 0.3 is 0 Å². The van der Waals surface area contributed by atoms with Crippen molar-refractivity contribution in [1.82, 2.24) is 5.32 Å². The Morgan fingerprint density at radius 2 is 1.66 bits per heavy atom. The predicted molar refractivity (Wildman–Crippen MR) is 117 cm³/mol. The molecule has 0 fully saturated rings. The summed E-state index contributed by atoms with van der Waals surface area (Å²) >= 11 is 0. The molecule has 0 aliphatic rings. The maximum absolute atomic E-state index is 12.6. The van der Waals surface area contributed by atoms with E-state index in [0.29, 0.717) is 12.3 Å². The minimum Gasteiger partial charge on any atom is -0.491 e. The fourth-order valence-electron chi connectivity index (χ4n) is 3.33. The topological polar surface area (TPSA) is 75.7 Å². The van der Waals surface area contributed by atoms with E-state index in [4.69, 9.17) is 4.74 Å². The molecule has 0 heterocycles. The van der Waals surface area contributed by atoms with Crippen molar-refractivity contribution in [2.75, 3.05) is 23.7 Å². The summed E-state index contributed by atoms with van der Waals surface area (Å²) in [7, 11) is -3.64. The molecule has 0 spiro atoms. The van der Waals surface area contributed by atoms with Crippen molar-refractivity contribution >= 4 is 21.6 Å². The number of nitrogens with zero attached hydrogens (tertiary/aromatic N) is 1. The van der Waals surface area contributed by atoms with Crippen molar-refractivity contribution in [1.29, 1.82) is 0 Å². The van der Waals surface area contributed by atoms with Crippen LogP contribution >= 0.6 is 0 Å². The van der Waals surface area contributed by atoms with E-state index >= 15 is 0 Å². The molecule has 0 aliphatic carbocycles. The molecular weight excluding hydrogens is 388 g/mol. The zero-order chi connectivity index (χ0) is 21.8. The predicted octanol–water partition coefficient (Wildman–Crippen LogP) is 3.27. The largest absolute Gasteiger partial charge is 0.491 e. The van der Waals surface area contributed by atoms with E-state index < -0.39 is 16.1 Å². The third-order valence-electron chi connectivity index (χ3n) is 4.54. The first-order valence-electron chi connectivity index (χ1n) is 9.54. The fourth-order valence-corrected chi connectivity index (χ4v) is 4.49. The van der Waals surface area contributed by atoms with Crippen LogP contribution in [0.25, 0.3) is 0 Å². The molecule has 0 radical (unpaired) electrons. The number of amides is 1. The number of nitrogens with one attached hydrogen (secondary N) is 1. The summed E-state index contributed by atoms with van der Waals surface area (Å²) in [6.45, 7) is 9.93. The number of ether oxygens (including phenoxy) is 1. The lowest BCUT2D eigenvalue weighted by Gasteiger charge is -2.28. The summed E-state index contributed by atoms with van der Waals surface area (Å²) < 4.78 is 31.7. The van der Waals surface area contributed by atoms with Gasteiger partial charge in [0.15, 0.2) is 0 Å². The second-order valence-electron chi connectivity index (χ2n) is 7.49. The highest BCUT2D eigenvalue weighted by molar-refractivity contribution is 7.92. The van der Waals surface area contributed by atoms with Gasteiger partial charge in [-0.3, -0.25) is 9.10 Å². The number of hydrogen-bond acceptors (Lipinski definition) is 4. The molecule has 2 aromatic carbocycles. The van der Waals surface area contributed by atoms with E-state index in [9.17, 15) is 13.2 Å². The highest BCUT2D eigenvalue weighted by Crippen LogP contribution is 2.24. The number of sulfonamides is 1. The van der Waals surface area contributed by atoms with Gasteiger partial charge in [0.1, 0.15) is 18.4 Å². The zero-order valence-corrected chi connectivity index (χ0v) is 18.8. The van der Waals surface area contributed by atoms with Gasteiger partial charge in [0.25, 0.3) is 0 Å². The van der Waals surface area contributed by atoms with Crippen molar-refractivity contribution in [3.63, 3.8) is 0 Å². The molecule has 0 aliphatic heterocycles. The highest BCUT2D eigenvalue weighted by atomic mass is 32.2. The monoisotopic (exact) mass is 418 g/mol. The molecule has 29 heavy (non-hydrogen) atoms. The standard InChI is InChI=1S/C22H30N2O4S/c1-15-7-8-21(18(4)12-15)28-10-9-23-22(25)19(5)24(29(6,26)27)20-13-16(2)11-17(3)14-20/h7-8,11-14,19H,9-10H2,1-6H3,(H,23,25)/t19-/m0/s1. The SMILES string of the molecule is Cc1cc(C)cc(N([C@@H](C)C(=O)NCCOc2ccc(C)cc2C)S(C)(=O)=O)c1. The van der Waals surface area contributed by atoms with Crippen molar-refractivity contribution in [2.45, 2.75) is 40.7 Å². The lowest BCUT2D eigenvalue weighted by atomic mass is 10.1. The molecule has 0 bridgehead atoms. The van der Waals surface area contributed by atoms with Crippen LogP contribution in [0.3, 0.4) is 0 Å². The third kappa shape index (κ3) is 6.22. The Labute approximate surface area is 173 Å². The molecule has 0 unspecified atom stereocenters. The minimum atomic E-state index is -3.64. The maximum Gasteiger partial charge on any atom is 0.243 e. The van der Waals surface area contributed by atoms with E-state index in [1.807, 2.05) is 52.0 Å². The van der Waals surface area contributed by atoms with Crippen molar-refractivity contribution < 1.29 is 17.9 Å². The lowest BCUT2D eigenvalue weighted by Crippen LogP contribution is -2.48. The quantitative estimate of drug-likeness (QED) is 0.668. The number of carbonyl (C=O) groups excluding carboxylic acids is 1. The van der Waals surface area contributed by atoms with Crippen LogP contribution in [0.5, 0.6) is 5.75 Å². The van der Waals surface area contributed by atoms with Crippen LogP contribution in [0, 0.1) is 27.7 Å².